The van der Waals surface area contributed by atoms with Gasteiger partial charge in [0.25, 0.3) is 11.6 Å². The minimum Gasteiger partial charge on any atom is -0.454 e. The van der Waals surface area contributed by atoms with Crippen LogP contribution in [0.4, 0.5) is 11.4 Å². The molecular weight excluding hydrogens is 356 g/mol. The van der Waals surface area contributed by atoms with Gasteiger partial charge in [0.15, 0.2) is 18.1 Å². The van der Waals surface area contributed by atoms with Gasteiger partial charge in [-0.2, -0.15) is 0 Å². The zero-order valence-electron chi connectivity index (χ0n) is 13.9. The molecule has 1 N–H and O–H groups in total. The second kappa shape index (κ2) is 8.00. The van der Waals surface area contributed by atoms with E-state index in [2.05, 4.69) is 5.32 Å². The number of amides is 1. The standard InChI is InChI=1S/C18H14N2O7/c21-17(19-13-5-6-15-16(9-13)27-11-26-15)10-25-18(22)7-4-12-2-1-3-14(8-12)20(23)24/h1-9H,10-11H2,(H,19,21)/b7-4+. The summed E-state index contributed by atoms with van der Waals surface area (Å²) in [5, 5.41) is 13.3. The van der Waals surface area contributed by atoms with Gasteiger partial charge in [-0.15, -0.1) is 0 Å². The van der Waals surface area contributed by atoms with Crippen LogP contribution in [0, 0.1) is 10.1 Å². The van der Waals surface area contributed by atoms with Crippen LogP contribution in [0.15, 0.2) is 48.5 Å². The fourth-order valence-corrected chi connectivity index (χ4v) is 2.26. The van der Waals surface area contributed by atoms with Crippen molar-refractivity contribution >= 4 is 29.3 Å². The Labute approximate surface area is 153 Å². The summed E-state index contributed by atoms with van der Waals surface area (Å²) in [7, 11) is 0. The minimum absolute atomic E-state index is 0.0892. The van der Waals surface area contributed by atoms with E-state index >= 15 is 0 Å². The summed E-state index contributed by atoms with van der Waals surface area (Å²) in [6.07, 6.45) is 2.46. The molecule has 1 heterocycles. The molecule has 0 unspecified atom stereocenters. The number of non-ortho nitro benzene ring substituents is 1. The van der Waals surface area contributed by atoms with Crippen molar-refractivity contribution in [2.45, 2.75) is 0 Å². The number of benzene rings is 2. The smallest absolute Gasteiger partial charge is 0.331 e. The third-order valence-electron chi connectivity index (χ3n) is 3.49. The molecule has 9 nitrogen and oxygen atoms in total. The lowest BCUT2D eigenvalue weighted by Gasteiger charge is -2.06. The summed E-state index contributed by atoms with van der Waals surface area (Å²) in [5.74, 6) is -0.163. The number of carbonyl (C=O) groups excluding carboxylic acids is 2. The van der Waals surface area contributed by atoms with Crippen molar-refractivity contribution in [2.75, 3.05) is 18.7 Å². The van der Waals surface area contributed by atoms with Crippen LogP contribution in [0.2, 0.25) is 0 Å². The number of esters is 1. The molecule has 0 fully saturated rings. The Morgan fingerprint density at radius 1 is 1.19 bits per heavy atom. The summed E-state index contributed by atoms with van der Waals surface area (Å²) in [6, 6.07) is 10.7. The largest absolute Gasteiger partial charge is 0.454 e. The van der Waals surface area contributed by atoms with Crippen LogP contribution in [0.3, 0.4) is 0 Å². The maximum Gasteiger partial charge on any atom is 0.331 e. The summed E-state index contributed by atoms with van der Waals surface area (Å²) in [5.41, 5.74) is 0.854. The first kappa shape index (κ1) is 17.9. The first-order chi connectivity index (χ1) is 13.0. The molecule has 0 saturated heterocycles. The number of carbonyl (C=O) groups is 2. The Kier molecular flexibility index (Phi) is 5.31. The van der Waals surface area contributed by atoms with Crippen LogP contribution in [0.1, 0.15) is 5.56 Å². The van der Waals surface area contributed by atoms with Gasteiger partial charge in [0, 0.05) is 30.0 Å². The van der Waals surface area contributed by atoms with Gasteiger partial charge in [-0.1, -0.05) is 12.1 Å². The van der Waals surface area contributed by atoms with Crippen molar-refractivity contribution in [3.05, 3.63) is 64.2 Å². The second-order valence-electron chi connectivity index (χ2n) is 5.41. The molecule has 138 valence electrons. The zero-order valence-corrected chi connectivity index (χ0v) is 13.9. The normalized spacial score (nSPS) is 12.0. The number of nitro benzene ring substituents is 1. The monoisotopic (exact) mass is 370 g/mol. The van der Waals surface area contributed by atoms with Gasteiger partial charge in [-0.25, -0.2) is 4.79 Å². The van der Waals surface area contributed by atoms with E-state index in [1.54, 1.807) is 24.3 Å². The van der Waals surface area contributed by atoms with Crippen molar-refractivity contribution in [2.24, 2.45) is 0 Å². The molecule has 9 heteroatoms. The summed E-state index contributed by atoms with van der Waals surface area (Å²) in [4.78, 5) is 33.7. The topological polar surface area (TPSA) is 117 Å². The van der Waals surface area contributed by atoms with Crippen LogP contribution in [0.25, 0.3) is 6.08 Å². The number of anilines is 1. The van der Waals surface area contributed by atoms with E-state index < -0.39 is 23.4 Å². The van der Waals surface area contributed by atoms with Crippen molar-refractivity contribution < 1.29 is 28.7 Å². The number of fused-ring (bicyclic) bond motifs is 1. The fraction of sp³-hybridized carbons (Fsp3) is 0.111. The maximum absolute atomic E-state index is 11.9. The molecule has 0 aliphatic carbocycles. The van der Waals surface area contributed by atoms with Gasteiger partial charge in [0.05, 0.1) is 4.92 Å². The highest BCUT2D eigenvalue weighted by atomic mass is 16.7. The number of nitrogens with zero attached hydrogens (tertiary/aromatic N) is 1. The molecule has 0 radical (unpaired) electrons. The molecule has 0 atom stereocenters. The van der Waals surface area contributed by atoms with Crippen molar-refractivity contribution in [3.63, 3.8) is 0 Å². The molecule has 3 rings (SSSR count). The highest BCUT2D eigenvalue weighted by Gasteiger charge is 2.14. The quantitative estimate of drug-likeness (QED) is 0.359. The lowest BCUT2D eigenvalue weighted by molar-refractivity contribution is -0.384. The highest BCUT2D eigenvalue weighted by molar-refractivity contribution is 5.94. The van der Waals surface area contributed by atoms with Crippen LogP contribution >= 0.6 is 0 Å². The molecule has 0 aromatic heterocycles. The molecular formula is C18H14N2O7. The first-order valence-electron chi connectivity index (χ1n) is 7.80. The molecule has 0 bridgehead atoms. The lowest BCUT2D eigenvalue weighted by Crippen LogP contribution is -2.20. The number of hydrogen-bond acceptors (Lipinski definition) is 7. The fourth-order valence-electron chi connectivity index (χ4n) is 2.26. The number of rotatable bonds is 6. The third kappa shape index (κ3) is 4.82. The van der Waals surface area contributed by atoms with Gasteiger partial charge < -0.3 is 19.5 Å². The number of ether oxygens (including phenoxy) is 3. The number of hydrogen-bond donors (Lipinski definition) is 1. The van der Waals surface area contributed by atoms with Crippen LogP contribution < -0.4 is 14.8 Å². The predicted molar refractivity (Wildman–Crippen MR) is 94.3 cm³/mol. The average Bonchev–Trinajstić information content (AvgIpc) is 3.12. The number of nitro groups is 1. The molecule has 0 saturated carbocycles. The minimum atomic E-state index is -0.748. The zero-order chi connectivity index (χ0) is 19.2. The van der Waals surface area contributed by atoms with E-state index in [0.29, 0.717) is 22.7 Å². The van der Waals surface area contributed by atoms with E-state index in [-0.39, 0.29) is 12.5 Å². The molecule has 0 spiro atoms. The molecule has 1 amide bonds. The van der Waals surface area contributed by atoms with Crippen LogP contribution in [-0.2, 0) is 14.3 Å². The van der Waals surface area contributed by atoms with Crippen LogP contribution in [0.5, 0.6) is 11.5 Å². The molecule has 27 heavy (non-hydrogen) atoms. The van der Waals surface area contributed by atoms with E-state index in [0.717, 1.165) is 6.08 Å². The Hall–Kier alpha value is -3.88. The summed E-state index contributed by atoms with van der Waals surface area (Å²) >= 11 is 0. The Balaban J connectivity index is 1.49. The maximum atomic E-state index is 11.9. The molecule has 1 aliphatic heterocycles. The van der Waals surface area contributed by atoms with Crippen LogP contribution in [-0.4, -0.2) is 30.2 Å². The van der Waals surface area contributed by atoms with E-state index in [9.17, 15) is 19.7 Å². The third-order valence-corrected chi connectivity index (χ3v) is 3.49. The van der Waals surface area contributed by atoms with Gasteiger partial charge in [-0.05, 0) is 23.8 Å². The van der Waals surface area contributed by atoms with Gasteiger partial charge in [0.1, 0.15) is 0 Å². The van der Waals surface area contributed by atoms with E-state index in [1.165, 1.54) is 24.3 Å². The van der Waals surface area contributed by atoms with E-state index in [1.807, 2.05) is 0 Å². The Bertz CT molecular complexity index is 924. The Morgan fingerprint density at radius 3 is 2.81 bits per heavy atom. The number of nitrogens with one attached hydrogen (secondary N) is 1. The molecule has 2 aromatic carbocycles. The van der Waals surface area contributed by atoms with E-state index in [4.69, 9.17) is 14.2 Å². The van der Waals surface area contributed by atoms with Crippen molar-refractivity contribution in [1.29, 1.82) is 0 Å². The first-order valence-corrected chi connectivity index (χ1v) is 7.80. The molecule has 2 aromatic rings. The van der Waals surface area contributed by atoms with Crippen molar-refractivity contribution in [3.8, 4) is 11.5 Å². The SMILES string of the molecule is O=C(COC(=O)/C=C/c1cccc([N+](=O)[O-])c1)Nc1ccc2c(c1)OCO2. The molecule has 1 aliphatic rings. The average molecular weight is 370 g/mol. The van der Waals surface area contributed by atoms with Gasteiger partial charge >= 0.3 is 5.97 Å². The highest BCUT2D eigenvalue weighted by Crippen LogP contribution is 2.34. The second-order valence-corrected chi connectivity index (χ2v) is 5.41. The Morgan fingerprint density at radius 2 is 2.00 bits per heavy atom. The lowest BCUT2D eigenvalue weighted by atomic mass is 10.2. The summed E-state index contributed by atoms with van der Waals surface area (Å²) < 4.78 is 15.2. The van der Waals surface area contributed by atoms with Gasteiger partial charge in [-0.3, -0.25) is 14.9 Å². The van der Waals surface area contributed by atoms with Gasteiger partial charge in [0.2, 0.25) is 6.79 Å². The predicted octanol–water partition coefficient (Wildman–Crippen LogP) is 2.52. The summed E-state index contributed by atoms with van der Waals surface area (Å²) in [6.45, 7) is -0.353. The van der Waals surface area contributed by atoms with Crippen molar-refractivity contribution in [1.82, 2.24) is 0 Å².